The SMILES string of the molecule is Cc1cc(C)cc(CS(=O)(=O)C2CCCC2=O)c1. The van der Waals surface area contributed by atoms with Crippen molar-refractivity contribution in [2.24, 2.45) is 0 Å². The van der Waals surface area contributed by atoms with Crippen molar-refractivity contribution >= 4 is 15.6 Å². The van der Waals surface area contributed by atoms with E-state index in [0.717, 1.165) is 16.7 Å². The van der Waals surface area contributed by atoms with Gasteiger partial charge >= 0.3 is 0 Å². The number of hydrogen-bond acceptors (Lipinski definition) is 3. The van der Waals surface area contributed by atoms with Gasteiger partial charge in [0.25, 0.3) is 0 Å². The van der Waals surface area contributed by atoms with Gasteiger partial charge in [0.05, 0.1) is 5.75 Å². The van der Waals surface area contributed by atoms with Gasteiger partial charge in [-0.1, -0.05) is 29.3 Å². The largest absolute Gasteiger partial charge is 0.298 e. The van der Waals surface area contributed by atoms with E-state index in [0.29, 0.717) is 19.3 Å². The molecule has 1 atom stereocenters. The van der Waals surface area contributed by atoms with Crippen LogP contribution < -0.4 is 0 Å². The van der Waals surface area contributed by atoms with Crippen LogP contribution >= 0.6 is 0 Å². The highest BCUT2D eigenvalue weighted by Gasteiger charge is 2.35. The Labute approximate surface area is 108 Å². The van der Waals surface area contributed by atoms with Gasteiger partial charge in [0.2, 0.25) is 0 Å². The van der Waals surface area contributed by atoms with E-state index in [1.807, 2.05) is 32.0 Å². The molecule has 0 spiro atoms. The number of hydrogen-bond donors (Lipinski definition) is 0. The highest BCUT2D eigenvalue weighted by Crippen LogP contribution is 2.25. The topological polar surface area (TPSA) is 51.2 Å². The summed E-state index contributed by atoms with van der Waals surface area (Å²) in [7, 11) is -3.35. The Kier molecular flexibility index (Phi) is 3.57. The Morgan fingerprint density at radius 2 is 1.78 bits per heavy atom. The minimum Gasteiger partial charge on any atom is -0.298 e. The molecule has 4 heteroatoms. The number of Topliss-reactive ketones (excluding diaryl/α,β-unsaturated/α-hetero) is 1. The fourth-order valence-electron chi connectivity index (χ4n) is 2.65. The number of ketones is 1. The molecule has 1 aliphatic carbocycles. The van der Waals surface area contributed by atoms with Crippen molar-refractivity contribution < 1.29 is 13.2 Å². The van der Waals surface area contributed by atoms with E-state index in [4.69, 9.17) is 0 Å². The first-order valence-corrected chi connectivity index (χ1v) is 7.91. The Bertz CT molecular complexity index is 552. The summed E-state index contributed by atoms with van der Waals surface area (Å²) in [6, 6.07) is 5.77. The lowest BCUT2D eigenvalue weighted by Gasteiger charge is -2.11. The molecule has 18 heavy (non-hydrogen) atoms. The zero-order valence-corrected chi connectivity index (χ0v) is 11.6. The molecule has 98 valence electrons. The number of rotatable bonds is 3. The molecule has 0 amide bonds. The molecule has 0 heterocycles. The predicted octanol–water partition coefficient (Wildman–Crippen LogP) is 2.34. The van der Waals surface area contributed by atoms with Crippen LogP contribution in [0.2, 0.25) is 0 Å². The molecule has 2 rings (SSSR count). The standard InChI is InChI=1S/C14H18O3S/c1-10-6-11(2)8-12(7-10)9-18(16,17)14-5-3-4-13(14)15/h6-8,14H,3-5,9H2,1-2H3. The first-order valence-electron chi connectivity index (χ1n) is 6.20. The highest BCUT2D eigenvalue weighted by atomic mass is 32.2. The third-order valence-corrected chi connectivity index (χ3v) is 5.43. The average molecular weight is 266 g/mol. The van der Waals surface area contributed by atoms with Gasteiger partial charge in [-0.05, 0) is 32.3 Å². The van der Waals surface area contributed by atoms with Crippen LogP contribution in [0.25, 0.3) is 0 Å². The van der Waals surface area contributed by atoms with E-state index < -0.39 is 15.1 Å². The molecule has 1 aliphatic rings. The Morgan fingerprint density at radius 3 is 2.28 bits per heavy atom. The van der Waals surface area contributed by atoms with Crippen LogP contribution in [0.5, 0.6) is 0 Å². The van der Waals surface area contributed by atoms with Gasteiger partial charge in [-0.15, -0.1) is 0 Å². The number of benzene rings is 1. The van der Waals surface area contributed by atoms with E-state index in [-0.39, 0.29) is 11.5 Å². The van der Waals surface area contributed by atoms with Crippen LogP contribution in [0, 0.1) is 13.8 Å². The molecular formula is C14H18O3S. The Hall–Kier alpha value is -1.16. The van der Waals surface area contributed by atoms with E-state index >= 15 is 0 Å². The minimum atomic E-state index is -3.35. The van der Waals surface area contributed by atoms with Crippen molar-refractivity contribution in [1.82, 2.24) is 0 Å². The van der Waals surface area contributed by atoms with Gasteiger partial charge in [-0.2, -0.15) is 0 Å². The normalized spacial score (nSPS) is 20.3. The van der Waals surface area contributed by atoms with Gasteiger partial charge in [-0.3, -0.25) is 4.79 Å². The molecule has 1 aromatic rings. The predicted molar refractivity (Wildman–Crippen MR) is 71.2 cm³/mol. The summed E-state index contributed by atoms with van der Waals surface area (Å²) in [5.74, 6) is -0.134. The lowest BCUT2D eigenvalue weighted by atomic mass is 10.1. The van der Waals surface area contributed by atoms with Gasteiger partial charge < -0.3 is 0 Å². The zero-order valence-electron chi connectivity index (χ0n) is 10.8. The fourth-order valence-corrected chi connectivity index (χ4v) is 4.53. The van der Waals surface area contributed by atoms with Crippen molar-refractivity contribution in [3.8, 4) is 0 Å². The molecule has 0 aromatic heterocycles. The summed E-state index contributed by atoms with van der Waals surface area (Å²) in [5, 5.41) is -0.765. The second-order valence-corrected chi connectivity index (χ2v) is 7.33. The number of sulfone groups is 1. The Balaban J connectivity index is 2.24. The first kappa shape index (κ1) is 13.3. The van der Waals surface area contributed by atoms with E-state index in [1.165, 1.54) is 0 Å². The molecule has 1 unspecified atom stereocenters. The first-order chi connectivity index (χ1) is 8.38. The van der Waals surface area contributed by atoms with Gasteiger partial charge in [0, 0.05) is 6.42 Å². The van der Waals surface area contributed by atoms with Gasteiger partial charge in [0.1, 0.15) is 5.25 Å². The third-order valence-electron chi connectivity index (χ3n) is 3.33. The molecule has 0 bridgehead atoms. The molecule has 1 saturated carbocycles. The second-order valence-electron chi connectivity index (χ2n) is 5.15. The lowest BCUT2D eigenvalue weighted by Crippen LogP contribution is -2.26. The number of carbonyl (C=O) groups is 1. The van der Waals surface area contributed by atoms with Crippen molar-refractivity contribution in [3.63, 3.8) is 0 Å². The number of aryl methyl sites for hydroxylation is 2. The van der Waals surface area contributed by atoms with E-state index in [9.17, 15) is 13.2 Å². The van der Waals surface area contributed by atoms with E-state index in [1.54, 1.807) is 0 Å². The Morgan fingerprint density at radius 1 is 1.17 bits per heavy atom. The maximum Gasteiger partial charge on any atom is 0.164 e. The fraction of sp³-hybridized carbons (Fsp3) is 0.500. The summed E-state index contributed by atoms with van der Waals surface area (Å²) in [5.41, 5.74) is 2.89. The third kappa shape index (κ3) is 2.80. The van der Waals surface area contributed by atoms with Crippen LogP contribution in [0.1, 0.15) is 36.0 Å². The zero-order chi connectivity index (χ0) is 13.3. The molecule has 1 aromatic carbocycles. The van der Waals surface area contributed by atoms with Crippen molar-refractivity contribution in [3.05, 3.63) is 34.9 Å². The van der Waals surface area contributed by atoms with Gasteiger partial charge in [-0.25, -0.2) is 8.42 Å². The van der Waals surface area contributed by atoms with Crippen LogP contribution in [0.15, 0.2) is 18.2 Å². The lowest BCUT2D eigenvalue weighted by molar-refractivity contribution is -0.117. The average Bonchev–Trinajstić information content (AvgIpc) is 2.62. The maximum atomic E-state index is 12.2. The van der Waals surface area contributed by atoms with Crippen LogP contribution in [0.4, 0.5) is 0 Å². The number of carbonyl (C=O) groups excluding carboxylic acids is 1. The smallest absolute Gasteiger partial charge is 0.164 e. The quantitative estimate of drug-likeness (QED) is 0.843. The highest BCUT2D eigenvalue weighted by molar-refractivity contribution is 7.92. The molecule has 1 fully saturated rings. The molecule has 0 aliphatic heterocycles. The maximum absolute atomic E-state index is 12.2. The summed E-state index contributed by atoms with van der Waals surface area (Å²) >= 11 is 0. The second kappa shape index (κ2) is 4.84. The monoisotopic (exact) mass is 266 g/mol. The van der Waals surface area contributed by atoms with E-state index in [2.05, 4.69) is 0 Å². The molecular weight excluding hydrogens is 248 g/mol. The molecule has 3 nitrogen and oxygen atoms in total. The molecule has 0 N–H and O–H groups in total. The van der Waals surface area contributed by atoms with Gasteiger partial charge in [0.15, 0.2) is 15.6 Å². The minimum absolute atomic E-state index is 0.0219. The van der Waals surface area contributed by atoms with Crippen molar-refractivity contribution in [2.45, 2.75) is 44.1 Å². The molecule has 0 saturated heterocycles. The summed E-state index contributed by atoms with van der Waals surface area (Å²) < 4.78 is 24.4. The van der Waals surface area contributed by atoms with Crippen molar-refractivity contribution in [2.75, 3.05) is 0 Å². The van der Waals surface area contributed by atoms with Crippen LogP contribution in [-0.4, -0.2) is 19.5 Å². The van der Waals surface area contributed by atoms with Crippen molar-refractivity contribution in [1.29, 1.82) is 0 Å². The summed E-state index contributed by atoms with van der Waals surface area (Å²) in [4.78, 5) is 11.6. The van der Waals surface area contributed by atoms with Crippen LogP contribution in [0.3, 0.4) is 0 Å². The summed E-state index contributed by atoms with van der Waals surface area (Å²) in [6.45, 7) is 3.90. The van der Waals surface area contributed by atoms with Crippen LogP contribution in [-0.2, 0) is 20.4 Å². The summed E-state index contributed by atoms with van der Waals surface area (Å²) in [6.07, 6.45) is 1.61. The molecule has 0 radical (unpaired) electrons.